The van der Waals surface area contributed by atoms with Crippen LogP contribution < -0.4 is 5.32 Å². The van der Waals surface area contributed by atoms with E-state index >= 15 is 0 Å². The van der Waals surface area contributed by atoms with Crippen molar-refractivity contribution in [2.75, 3.05) is 11.9 Å². The van der Waals surface area contributed by atoms with Crippen molar-refractivity contribution in [3.63, 3.8) is 0 Å². The number of carbonyl (C=O) groups is 1. The number of rotatable bonds is 4. The minimum atomic E-state index is -0.256. The highest BCUT2D eigenvalue weighted by Gasteiger charge is 2.13. The second-order valence-electron chi connectivity index (χ2n) is 4.27. The van der Waals surface area contributed by atoms with Gasteiger partial charge in [-0.2, -0.15) is 0 Å². The number of aromatic nitrogens is 1. The number of hydrogen-bond acceptors (Lipinski definition) is 4. The molecule has 0 unspecified atom stereocenters. The van der Waals surface area contributed by atoms with E-state index in [9.17, 15) is 4.79 Å². The van der Waals surface area contributed by atoms with Crippen LogP contribution in [0.3, 0.4) is 0 Å². The number of pyridine rings is 1. The van der Waals surface area contributed by atoms with Crippen LogP contribution in [0.1, 0.15) is 35.0 Å². The summed E-state index contributed by atoms with van der Waals surface area (Å²) in [6.07, 6.45) is 4.14. The fourth-order valence-electron chi connectivity index (χ4n) is 1.80. The summed E-state index contributed by atoms with van der Waals surface area (Å²) in [5, 5.41) is 11.4. The van der Waals surface area contributed by atoms with E-state index in [4.69, 9.17) is 9.52 Å². The van der Waals surface area contributed by atoms with Gasteiger partial charge in [0.1, 0.15) is 11.6 Å². The molecule has 0 fully saturated rings. The fraction of sp³-hybridized carbons (Fsp3) is 0.250. The molecular formula is C16H16N2O3. The number of hydrogen-bond donors (Lipinski definition) is 2. The molecule has 0 aromatic carbocycles. The molecule has 0 atom stereocenters. The van der Waals surface area contributed by atoms with Gasteiger partial charge in [-0.25, -0.2) is 4.98 Å². The molecule has 0 aliphatic carbocycles. The monoisotopic (exact) mass is 284 g/mol. The summed E-state index contributed by atoms with van der Waals surface area (Å²) in [6.45, 7) is 1.95. The number of aryl methyl sites for hydroxylation is 1. The van der Waals surface area contributed by atoms with Crippen molar-refractivity contribution in [1.82, 2.24) is 4.98 Å². The summed E-state index contributed by atoms with van der Waals surface area (Å²) in [7, 11) is 0. The molecule has 0 aliphatic heterocycles. The van der Waals surface area contributed by atoms with Gasteiger partial charge in [0.05, 0.1) is 18.4 Å². The van der Waals surface area contributed by atoms with E-state index in [1.54, 1.807) is 24.4 Å². The summed E-state index contributed by atoms with van der Waals surface area (Å²) in [5.74, 6) is 6.54. The third-order valence-electron chi connectivity index (χ3n) is 2.78. The SMILES string of the molecule is CCc1occc1C(=O)Nc1cc(C#CCCO)ccn1. The van der Waals surface area contributed by atoms with Crippen LogP contribution in [0, 0.1) is 11.8 Å². The summed E-state index contributed by atoms with van der Waals surface area (Å²) in [4.78, 5) is 16.2. The van der Waals surface area contributed by atoms with Gasteiger partial charge < -0.3 is 14.8 Å². The molecule has 0 radical (unpaired) electrons. The highest BCUT2D eigenvalue weighted by Crippen LogP contribution is 2.14. The molecule has 2 aromatic rings. The number of carbonyl (C=O) groups excluding carboxylic acids is 1. The van der Waals surface area contributed by atoms with Crippen LogP contribution in [0.4, 0.5) is 5.82 Å². The van der Waals surface area contributed by atoms with Crippen LogP contribution >= 0.6 is 0 Å². The van der Waals surface area contributed by atoms with Crippen LogP contribution in [0.15, 0.2) is 35.1 Å². The zero-order valence-corrected chi connectivity index (χ0v) is 11.7. The van der Waals surface area contributed by atoms with Crippen molar-refractivity contribution < 1.29 is 14.3 Å². The van der Waals surface area contributed by atoms with Gasteiger partial charge in [0.2, 0.25) is 0 Å². The number of aliphatic hydroxyl groups excluding tert-OH is 1. The van der Waals surface area contributed by atoms with Gasteiger partial charge in [-0.1, -0.05) is 18.8 Å². The number of amides is 1. The Hall–Kier alpha value is -2.58. The molecule has 0 aliphatic rings. The Bertz CT molecular complexity index is 680. The molecule has 0 saturated carbocycles. The largest absolute Gasteiger partial charge is 0.469 e. The standard InChI is InChI=1S/C16H16N2O3/c1-2-14-13(7-10-21-14)16(20)18-15-11-12(6-8-17-15)5-3-4-9-19/h6-8,10-11,19H,2,4,9H2,1H3,(H,17,18,20). The van der Waals surface area contributed by atoms with E-state index in [-0.39, 0.29) is 12.5 Å². The quantitative estimate of drug-likeness (QED) is 0.844. The van der Waals surface area contributed by atoms with Crippen molar-refractivity contribution in [2.24, 2.45) is 0 Å². The third kappa shape index (κ3) is 3.94. The highest BCUT2D eigenvalue weighted by atomic mass is 16.3. The van der Waals surface area contributed by atoms with Gasteiger partial charge in [-0.15, -0.1) is 0 Å². The average molecular weight is 284 g/mol. The van der Waals surface area contributed by atoms with Gasteiger partial charge in [-0.3, -0.25) is 4.79 Å². The lowest BCUT2D eigenvalue weighted by molar-refractivity contribution is 0.102. The van der Waals surface area contributed by atoms with Crippen LogP contribution in [0.25, 0.3) is 0 Å². The lowest BCUT2D eigenvalue weighted by atomic mass is 10.2. The van der Waals surface area contributed by atoms with E-state index in [1.165, 1.54) is 6.26 Å². The normalized spacial score (nSPS) is 9.81. The van der Waals surface area contributed by atoms with E-state index in [0.29, 0.717) is 30.0 Å². The highest BCUT2D eigenvalue weighted by molar-refractivity contribution is 6.04. The van der Waals surface area contributed by atoms with E-state index in [0.717, 1.165) is 5.56 Å². The Labute approximate surface area is 123 Å². The molecule has 108 valence electrons. The molecule has 21 heavy (non-hydrogen) atoms. The maximum Gasteiger partial charge on any atom is 0.260 e. The second-order valence-corrected chi connectivity index (χ2v) is 4.27. The smallest absolute Gasteiger partial charge is 0.260 e. The van der Waals surface area contributed by atoms with Crippen molar-refractivity contribution >= 4 is 11.7 Å². The van der Waals surface area contributed by atoms with E-state index in [1.807, 2.05) is 6.92 Å². The molecule has 2 aromatic heterocycles. The molecule has 0 bridgehead atoms. The summed E-state index contributed by atoms with van der Waals surface area (Å²) in [6, 6.07) is 5.07. The number of furan rings is 1. The van der Waals surface area contributed by atoms with Crippen molar-refractivity contribution in [3.8, 4) is 11.8 Å². The molecule has 2 heterocycles. The minimum absolute atomic E-state index is 0.0297. The summed E-state index contributed by atoms with van der Waals surface area (Å²) in [5.41, 5.74) is 1.24. The number of anilines is 1. The first-order valence-electron chi connectivity index (χ1n) is 6.68. The zero-order chi connectivity index (χ0) is 15.1. The Morgan fingerprint density at radius 3 is 3.10 bits per heavy atom. The second kappa shape index (κ2) is 7.27. The van der Waals surface area contributed by atoms with Gasteiger partial charge in [-0.05, 0) is 18.2 Å². The maximum absolute atomic E-state index is 12.1. The van der Waals surface area contributed by atoms with Crippen LogP contribution in [0.2, 0.25) is 0 Å². The zero-order valence-electron chi connectivity index (χ0n) is 11.7. The summed E-state index contributed by atoms with van der Waals surface area (Å²) < 4.78 is 5.23. The molecule has 2 rings (SSSR count). The van der Waals surface area contributed by atoms with Gasteiger partial charge >= 0.3 is 0 Å². The first-order valence-corrected chi connectivity index (χ1v) is 6.68. The first-order chi connectivity index (χ1) is 10.2. The Balaban J connectivity index is 2.11. The number of nitrogens with zero attached hydrogens (tertiary/aromatic N) is 1. The first kappa shape index (κ1) is 14.8. The van der Waals surface area contributed by atoms with E-state index in [2.05, 4.69) is 22.1 Å². The topological polar surface area (TPSA) is 75.4 Å². The van der Waals surface area contributed by atoms with Crippen molar-refractivity contribution in [1.29, 1.82) is 0 Å². The Morgan fingerprint density at radius 1 is 1.48 bits per heavy atom. The van der Waals surface area contributed by atoms with E-state index < -0.39 is 0 Å². The lowest BCUT2D eigenvalue weighted by Gasteiger charge is -2.04. The number of aliphatic hydroxyl groups is 1. The third-order valence-corrected chi connectivity index (χ3v) is 2.78. The van der Waals surface area contributed by atoms with Gasteiger partial charge in [0, 0.05) is 24.6 Å². The predicted molar refractivity (Wildman–Crippen MR) is 78.9 cm³/mol. The van der Waals surface area contributed by atoms with Crippen LogP contribution in [-0.2, 0) is 6.42 Å². The molecular weight excluding hydrogens is 268 g/mol. The van der Waals surface area contributed by atoms with Crippen LogP contribution in [-0.4, -0.2) is 22.6 Å². The minimum Gasteiger partial charge on any atom is -0.469 e. The number of nitrogens with one attached hydrogen (secondary N) is 1. The molecule has 2 N–H and O–H groups in total. The molecule has 5 nitrogen and oxygen atoms in total. The Morgan fingerprint density at radius 2 is 2.33 bits per heavy atom. The molecule has 1 amide bonds. The summed E-state index contributed by atoms with van der Waals surface area (Å²) >= 11 is 0. The van der Waals surface area contributed by atoms with Crippen molar-refractivity contribution in [2.45, 2.75) is 19.8 Å². The maximum atomic E-state index is 12.1. The Kier molecular flexibility index (Phi) is 5.13. The fourth-order valence-corrected chi connectivity index (χ4v) is 1.80. The van der Waals surface area contributed by atoms with Gasteiger partial charge in [0.25, 0.3) is 5.91 Å². The molecule has 0 spiro atoms. The average Bonchev–Trinajstić information content (AvgIpc) is 2.96. The molecule has 0 saturated heterocycles. The van der Waals surface area contributed by atoms with Gasteiger partial charge in [0.15, 0.2) is 0 Å². The lowest BCUT2D eigenvalue weighted by Crippen LogP contribution is -2.13. The molecule has 5 heteroatoms. The predicted octanol–water partition coefficient (Wildman–Crippen LogP) is 2.22. The van der Waals surface area contributed by atoms with Crippen LogP contribution in [0.5, 0.6) is 0 Å². The van der Waals surface area contributed by atoms with Crippen molar-refractivity contribution in [3.05, 3.63) is 47.5 Å².